The Morgan fingerprint density at radius 1 is 1.35 bits per heavy atom. The number of rotatable bonds is 8. The molecule has 0 amide bonds. The van der Waals surface area contributed by atoms with Crippen molar-refractivity contribution in [2.45, 2.75) is 45.4 Å². The minimum atomic E-state index is -2.85. The number of benzene rings is 1. The van der Waals surface area contributed by atoms with Crippen molar-refractivity contribution in [3.05, 3.63) is 28.2 Å². The lowest BCUT2D eigenvalue weighted by Crippen LogP contribution is -2.39. The zero-order valence-electron chi connectivity index (χ0n) is 11.6. The standard InChI is InChI=1S/C14H20BrF2NO2/c1-3-14(19,4-2)9-18-8-10-7-11(15)5-6-12(10)20-13(16)17/h5-7,13,18-19H,3-4,8-9H2,1-2H3. The summed E-state index contributed by atoms with van der Waals surface area (Å²) in [5, 5.41) is 13.2. The van der Waals surface area contributed by atoms with Crippen LogP contribution in [0.2, 0.25) is 0 Å². The maximum Gasteiger partial charge on any atom is 0.387 e. The minimum Gasteiger partial charge on any atom is -0.434 e. The highest BCUT2D eigenvalue weighted by Gasteiger charge is 2.21. The molecule has 0 heterocycles. The van der Waals surface area contributed by atoms with Crippen molar-refractivity contribution in [1.82, 2.24) is 5.32 Å². The van der Waals surface area contributed by atoms with Gasteiger partial charge >= 0.3 is 6.61 Å². The molecule has 20 heavy (non-hydrogen) atoms. The number of alkyl halides is 2. The predicted octanol–water partition coefficient (Wildman–Crippen LogP) is 3.69. The number of hydrogen-bond acceptors (Lipinski definition) is 3. The molecule has 2 N–H and O–H groups in total. The van der Waals surface area contributed by atoms with Gasteiger partial charge in [-0.2, -0.15) is 8.78 Å². The van der Waals surface area contributed by atoms with Crippen LogP contribution >= 0.6 is 15.9 Å². The molecular weight excluding hydrogens is 332 g/mol. The molecule has 1 aromatic carbocycles. The predicted molar refractivity (Wildman–Crippen MR) is 78.0 cm³/mol. The Morgan fingerprint density at radius 3 is 2.55 bits per heavy atom. The van der Waals surface area contributed by atoms with Crippen LogP contribution in [0, 0.1) is 0 Å². The van der Waals surface area contributed by atoms with Gasteiger partial charge in [-0.3, -0.25) is 0 Å². The van der Waals surface area contributed by atoms with Crippen LogP contribution in [0.3, 0.4) is 0 Å². The molecule has 0 saturated heterocycles. The van der Waals surface area contributed by atoms with Crippen LogP contribution in [0.15, 0.2) is 22.7 Å². The third-order valence-corrected chi connectivity index (χ3v) is 3.82. The van der Waals surface area contributed by atoms with Gasteiger partial charge < -0.3 is 15.2 Å². The van der Waals surface area contributed by atoms with Gasteiger partial charge in [-0.05, 0) is 31.0 Å². The Balaban J connectivity index is 2.69. The second-order valence-corrected chi connectivity index (χ2v) is 5.58. The molecular formula is C14H20BrF2NO2. The van der Waals surface area contributed by atoms with E-state index >= 15 is 0 Å². The van der Waals surface area contributed by atoms with Crippen LogP contribution in [-0.4, -0.2) is 23.9 Å². The molecule has 0 unspecified atom stereocenters. The van der Waals surface area contributed by atoms with Gasteiger partial charge in [-0.1, -0.05) is 29.8 Å². The van der Waals surface area contributed by atoms with Crippen molar-refractivity contribution in [1.29, 1.82) is 0 Å². The molecule has 114 valence electrons. The quantitative estimate of drug-likeness (QED) is 0.750. The summed E-state index contributed by atoms with van der Waals surface area (Å²) in [5.41, 5.74) is -0.148. The van der Waals surface area contributed by atoms with Crippen LogP contribution in [0.1, 0.15) is 32.3 Å². The Labute approximate surface area is 126 Å². The van der Waals surface area contributed by atoms with E-state index in [-0.39, 0.29) is 5.75 Å². The van der Waals surface area contributed by atoms with E-state index < -0.39 is 12.2 Å². The highest BCUT2D eigenvalue weighted by Crippen LogP contribution is 2.25. The molecule has 0 bridgehead atoms. The van der Waals surface area contributed by atoms with E-state index in [4.69, 9.17) is 0 Å². The van der Waals surface area contributed by atoms with Crippen molar-refractivity contribution < 1.29 is 18.6 Å². The molecule has 6 heteroatoms. The summed E-state index contributed by atoms with van der Waals surface area (Å²) >= 11 is 3.30. The van der Waals surface area contributed by atoms with Crippen molar-refractivity contribution >= 4 is 15.9 Å². The third kappa shape index (κ3) is 5.34. The van der Waals surface area contributed by atoms with Crippen molar-refractivity contribution in [3.63, 3.8) is 0 Å². The Kier molecular flexibility index (Phi) is 6.85. The molecule has 0 aliphatic heterocycles. The molecule has 0 saturated carbocycles. The maximum atomic E-state index is 12.3. The SMILES string of the molecule is CCC(O)(CC)CNCc1cc(Br)ccc1OC(F)F. The first-order valence-corrected chi connectivity index (χ1v) is 7.36. The monoisotopic (exact) mass is 351 g/mol. The fourth-order valence-electron chi connectivity index (χ4n) is 1.83. The maximum absolute atomic E-state index is 12.3. The van der Waals surface area contributed by atoms with E-state index in [1.165, 1.54) is 6.07 Å². The van der Waals surface area contributed by atoms with E-state index in [0.717, 1.165) is 4.47 Å². The smallest absolute Gasteiger partial charge is 0.387 e. The average molecular weight is 352 g/mol. The third-order valence-electron chi connectivity index (χ3n) is 3.32. The summed E-state index contributed by atoms with van der Waals surface area (Å²) in [6, 6.07) is 4.87. The number of ether oxygens (including phenoxy) is 1. The molecule has 0 radical (unpaired) electrons. The first-order chi connectivity index (χ1) is 9.40. The Bertz CT molecular complexity index is 426. The molecule has 0 aliphatic carbocycles. The van der Waals surface area contributed by atoms with Gasteiger partial charge in [0.2, 0.25) is 0 Å². The van der Waals surface area contributed by atoms with Crippen molar-refractivity contribution in [3.8, 4) is 5.75 Å². The molecule has 0 aromatic heterocycles. The van der Waals surface area contributed by atoms with Gasteiger partial charge in [0.05, 0.1) is 5.60 Å². The van der Waals surface area contributed by atoms with Crippen LogP contribution in [0.4, 0.5) is 8.78 Å². The number of nitrogens with one attached hydrogen (secondary N) is 1. The first-order valence-electron chi connectivity index (χ1n) is 6.56. The molecule has 1 aromatic rings. The summed E-state index contributed by atoms with van der Waals surface area (Å²) in [6.45, 7) is 1.73. The molecule has 1 rings (SSSR count). The Morgan fingerprint density at radius 2 is 2.00 bits per heavy atom. The van der Waals surface area contributed by atoms with E-state index in [1.54, 1.807) is 12.1 Å². The largest absolute Gasteiger partial charge is 0.434 e. The van der Waals surface area contributed by atoms with Gasteiger partial charge in [0.1, 0.15) is 5.75 Å². The molecule has 0 aliphatic rings. The topological polar surface area (TPSA) is 41.5 Å². The fourth-order valence-corrected chi connectivity index (χ4v) is 2.24. The lowest BCUT2D eigenvalue weighted by Gasteiger charge is -2.25. The van der Waals surface area contributed by atoms with Crippen LogP contribution in [0.5, 0.6) is 5.75 Å². The zero-order valence-corrected chi connectivity index (χ0v) is 13.2. The second-order valence-electron chi connectivity index (χ2n) is 4.67. The number of aliphatic hydroxyl groups is 1. The van der Waals surface area contributed by atoms with Gasteiger partial charge in [-0.25, -0.2) is 0 Å². The van der Waals surface area contributed by atoms with Gasteiger partial charge in [-0.15, -0.1) is 0 Å². The van der Waals surface area contributed by atoms with E-state index in [1.807, 2.05) is 13.8 Å². The van der Waals surface area contributed by atoms with E-state index in [2.05, 4.69) is 26.0 Å². The summed E-state index contributed by atoms with van der Waals surface area (Å²) < 4.78 is 29.9. The minimum absolute atomic E-state index is 0.146. The number of halogens is 3. The molecule has 0 fully saturated rings. The second kappa shape index (κ2) is 7.90. The van der Waals surface area contributed by atoms with Crippen LogP contribution in [0.25, 0.3) is 0 Å². The lowest BCUT2D eigenvalue weighted by molar-refractivity contribution is -0.0505. The highest BCUT2D eigenvalue weighted by atomic mass is 79.9. The summed E-state index contributed by atoms with van der Waals surface area (Å²) in [5.74, 6) is 0.146. The lowest BCUT2D eigenvalue weighted by atomic mass is 9.97. The van der Waals surface area contributed by atoms with Crippen LogP contribution < -0.4 is 10.1 Å². The van der Waals surface area contributed by atoms with Gasteiger partial charge in [0.25, 0.3) is 0 Å². The summed E-state index contributed by atoms with van der Waals surface area (Å²) in [6.07, 6.45) is 1.27. The van der Waals surface area contributed by atoms with Crippen LogP contribution in [-0.2, 0) is 6.54 Å². The normalized spacial score (nSPS) is 11.9. The van der Waals surface area contributed by atoms with Gasteiger partial charge in [0.15, 0.2) is 0 Å². The first kappa shape index (κ1) is 17.3. The molecule has 0 atom stereocenters. The highest BCUT2D eigenvalue weighted by molar-refractivity contribution is 9.10. The Hall–Kier alpha value is -0.720. The van der Waals surface area contributed by atoms with Gasteiger partial charge in [0, 0.05) is 23.1 Å². The summed E-state index contributed by atoms with van der Waals surface area (Å²) in [4.78, 5) is 0. The van der Waals surface area contributed by atoms with E-state index in [9.17, 15) is 13.9 Å². The average Bonchev–Trinajstić information content (AvgIpc) is 2.41. The fraction of sp³-hybridized carbons (Fsp3) is 0.571. The van der Waals surface area contributed by atoms with Crippen molar-refractivity contribution in [2.24, 2.45) is 0 Å². The summed E-state index contributed by atoms with van der Waals surface area (Å²) in [7, 11) is 0. The van der Waals surface area contributed by atoms with E-state index in [0.29, 0.717) is 31.5 Å². The zero-order chi connectivity index (χ0) is 15.2. The number of hydrogen-bond donors (Lipinski definition) is 2. The molecule has 3 nitrogen and oxygen atoms in total. The molecule has 0 spiro atoms. The van der Waals surface area contributed by atoms with Crippen molar-refractivity contribution in [2.75, 3.05) is 6.54 Å².